The Hall–Kier alpha value is -4.36. The van der Waals surface area contributed by atoms with Crippen molar-refractivity contribution in [1.82, 2.24) is 37.2 Å². The van der Waals surface area contributed by atoms with Gasteiger partial charge in [-0.1, -0.05) is 23.7 Å². The molecule has 0 radical (unpaired) electrons. The van der Waals surface area contributed by atoms with Crippen molar-refractivity contribution in [1.29, 1.82) is 0 Å². The van der Waals surface area contributed by atoms with E-state index in [1.807, 2.05) is 27.7 Å². The van der Waals surface area contributed by atoms with E-state index in [0.717, 1.165) is 0 Å². The van der Waals surface area contributed by atoms with Gasteiger partial charge >= 0.3 is 0 Å². The number of nitrogens with zero attached hydrogens (tertiary/aromatic N) is 2. The van der Waals surface area contributed by atoms with Gasteiger partial charge in [-0.25, -0.2) is 0 Å². The number of unbranched alkanes of at least 4 members (excludes halogenated alkanes) is 2. The SMILES string of the molecule is COCCNC(=O)CCCC(=O)NCCCC[C@H](NC(=O)CCCC(=O)NC(CNC(C)(C)/C(C)=N/O)CNC(C)(C)/C(C)=N/O)C(=O)NCCCC[C@@H](C)C(N)=O. The summed E-state index contributed by atoms with van der Waals surface area (Å²) in [5.74, 6) is -1.97. The van der Waals surface area contributed by atoms with Gasteiger partial charge in [0.25, 0.3) is 0 Å². The molecule has 0 aromatic carbocycles. The zero-order valence-electron chi connectivity index (χ0n) is 36.2. The van der Waals surface area contributed by atoms with Crippen LogP contribution in [0.25, 0.3) is 0 Å². The first-order chi connectivity index (χ1) is 27.3. The van der Waals surface area contributed by atoms with Crippen LogP contribution < -0.4 is 43.0 Å². The Kier molecular flexibility index (Phi) is 27.6. The Balaban J connectivity index is 5.21. The van der Waals surface area contributed by atoms with Gasteiger partial charge in [0.2, 0.25) is 35.4 Å². The Bertz CT molecular complexity index is 1310. The van der Waals surface area contributed by atoms with Gasteiger partial charge in [-0.15, -0.1) is 0 Å². The highest BCUT2D eigenvalue weighted by atomic mass is 16.5. The van der Waals surface area contributed by atoms with E-state index in [1.54, 1.807) is 27.9 Å². The third-order valence-corrected chi connectivity index (χ3v) is 10.0. The van der Waals surface area contributed by atoms with Crippen LogP contribution in [0.5, 0.6) is 0 Å². The smallest absolute Gasteiger partial charge is 0.242 e. The number of carbonyl (C=O) groups is 6. The number of rotatable bonds is 33. The van der Waals surface area contributed by atoms with Gasteiger partial charge in [-0.3, -0.25) is 28.8 Å². The van der Waals surface area contributed by atoms with E-state index in [4.69, 9.17) is 10.5 Å². The second kappa shape index (κ2) is 29.8. The lowest BCUT2D eigenvalue weighted by molar-refractivity contribution is -0.129. The highest BCUT2D eigenvalue weighted by Gasteiger charge is 2.27. The summed E-state index contributed by atoms with van der Waals surface area (Å²) in [7, 11) is 1.55. The molecule has 334 valence electrons. The predicted molar refractivity (Wildman–Crippen MR) is 222 cm³/mol. The molecule has 0 spiro atoms. The number of nitrogens with two attached hydrogens (primary N) is 1. The third-order valence-electron chi connectivity index (χ3n) is 10.0. The van der Waals surface area contributed by atoms with Gasteiger partial charge in [0.1, 0.15) is 6.04 Å². The molecule has 0 aromatic heterocycles. The normalized spacial score (nSPS) is 13.4. The molecule has 19 heteroatoms. The number of primary amides is 1. The molecule has 6 amide bonds. The van der Waals surface area contributed by atoms with E-state index in [9.17, 15) is 39.2 Å². The number of ether oxygens (including phenoxy) is 1. The molecule has 0 saturated carbocycles. The topological polar surface area (TPSA) is 287 Å². The van der Waals surface area contributed by atoms with Crippen molar-refractivity contribution in [2.45, 2.75) is 149 Å². The van der Waals surface area contributed by atoms with E-state index in [2.05, 4.69) is 47.5 Å². The predicted octanol–water partition coefficient (Wildman–Crippen LogP) is 1.19. The van der Waals surface area contributed by atoms with Crippen LogP contribution in [0.2, 0.25) is 0 Å². The van der Waals surface area contributed by atoms with Gasteiger partial charge in [0.15, 0.2) is 0 Å². The molecule has 0 aliphatic carbocycles. The minimum Gasteiger partial charge on any atom is -0.411 e. The van der Waals surface area contributed by atoms with E-state index in [1.165, 1.54) is 0 Å². The van der Waals surface area contributed by atoms with Crippen molar-refractivity contribution in [3.63, 3.8) is 0 Å². The molecule has 2 atom stereocenters. The summed E-state index contributed by atoms with van der Waals surface area (Å²) < 4.78 is 4.90. The van der Waals surface area contributed by atoms with Crippen LogP contribution in [-0.2, 0) is 33.5 Å². The summed E-state index contributed by atoms with van der Waals surface area (Å²) in [6.07, 6.45) is 4.47. The van der Waals surface area contributed by atoms with Crippen LogP contribution >= 0.6 is 0 Å². The first kappa shape index (κ1) is 53.6. The monoisotopic (exact) mass is 827 g/mol. The minimum absolute atomic E-state index is 0.00220. The molecule has 0 unspecified atom stereocenters. The average Bonchev–Trinajstić information content (AvgIpc) is 3.17. The highest BCUT2D eigenvalue weighted by molar-refractivity contribution is 5.91. The molecule has 0 saturated heterocycles. The van der Waals surface area contributed by atoms with Crippen molar-refractivity contribution in [3.8, 4) is 0 Å². The van der Waals surface area contributed by atoms with E-state index >= 15 is 0 Å². The fourth-order valence-corrected chi connectivity index (χ4v) is 5.31. The summed E-state index contributed by atoms with van der Waals surface area (Å²) in [5.41, 5.74) is 4.91. The number of oxime groups is 2. The highest BCUT2D eigenvalue weighted by Crippen LogP contribution is 2.10. The quantitative estimate of drug-likeness (QED) is 0.0194. The second-order valence-corrected chi connectivity index (χ2v) is 15.8. The van der Waals surface area contributed by atoms with Gasteiger partial charge < -0.3 is 58.1 Å². The first-order valence-electron chi connectivity index (χ1n) is 20.4. The number of amides is 6. The Morgan fingerprint density at radius 2 is 1.09 bits per heavy atom. The van der Waals surface area contributed by atoms with Crippen molar-refractivity contribution in [2.24, 2.45) is 22.0 Å². The molecule has 0 rings (SSSR count). The lowest BCUT2D eigenvalue weighted by Crippen LogP contribution is -2.57. The average molecular weight is 827 g/mol. The molecule has 11 N–H and O–H groups in total. The van der Waals surface area contributed by atoms with Crippen LogP contribution in [0.1, 0.15) is 126 Å². The Morgan fingerprint density at radius 3 is 1.57 bits per heavy atom. The largest absolute Gasteiger partial charge is 0.411 e. The van der Waals surface area contributed by atoms with Crippen molar-refractivity contribution >= 4 is 46.9 Å². The van der Waals surface area contributed by atoms with Gasteiger partial charge in [-0.05, 0) is 86.5 Å². The maximum atomic E-state index is 13.2. The lowest BCUT2D eigenvalue weighted by atomic mass is 9.98. The molecule has 19 nitrogen and oxygen atoms in total. The maximum absolute atomic E-state index is 13.2. The zero-order valence-corrected chi connectivity index (χ0v) is 36.2. The summed E-state index contributed by atoms with van der Waals surface area (Å²) in [6, 6.07) is -1.25. The van der Waals surface area contributed by atoms with Gasteiger partial charge in [0.05, 0.1) is 35.1 Å². The fourth-order valence-electron chi connectivity index (χ4n) is 5.31. The summed E-state index contributed by atoms with van der Waals surface area (Å²) in [5, 5.41) is 45.9. The standard InChI is InChI=1S/C39H74N10O9/c1-27(36(40)54)15-9-11-22-43-37(55)31(16-10-12-21-41-32(50)17-13-18-33(51)42-23-24-58-8)47-35(53)20-14-19-34(52)46-30(25-44-38(4,5)28(2)48-56)26-45-39(6,7)29(3)49-57/h27,30-31,44-45,56-57H,9-26H2,1-8H3,(H2,40,54)(H,41,50)(H,42,51)(H,43,55)(H,46,52)(H,47,53)/b48-28+,49-29+/t27-,31+/m1/s1. The van der Waals surface area contributed by atoms with Crippen molar-refractivity contribution < 1.29 is 43.9 Å². The van der Waals surface area contributed by atoms with Crippen molar-refractivity contribution in [2.75, 3.05) is 46.4 Å². The number of nitrogens with one attached hydrogen (secondary N) is 7. The molecule has 0 bridgehead atoms. The lowest BCUT2D eigenvalue weighted by Gasteiger charge is -2.32. The van der Waals surface area contributed by atoms with E-state index < -0.39 is 23.2 Å². The Labute approximate surface area is 344 Å². The minimum atomic E-state index is -0.830. The molecular formula is C39H74N10O9. The molecule has 0 heterocycles. The van der Waals surface area contributed by atoms with Gasteiger partial charge in [-0.2, -0.15) is 0 Å². The first-order valence-corrected chi connectivity index (χ1v) is 20.4. The van der Waals surface area contributed by atoms with Crippen LogP contribution in [0.15, 0.2) is 10.3 Å². The van der Waals surface area contributed by atoms with Crippen LogP contribution in [0, 0.1) is 5.92 Å². The number of hydrogen-bond acceptors (Lipinski definition) is 13. The molecule has 58 heavy (non-hydrogen) atoms. The number of carbonyl (C=O) groups excluding carboxylic acids is 6. The molecule has 0 fully saturated rings. The summed E-state index contributed by atoms with van der Waals surface area (Å²) >= 11 is 0. The van der Waals surface area contributed by atoms with Gasteiger partial charge in [0, 0.05) is 71.4 Å². The second-order valence-electron chi connectivity index (χ2n) is 15.8. The zero-order chi connectivity index (χ0) is 44.1. The number of hydrogen-bond donors (Lipinski definition) is 10. The Morgan fingerprint density at radius 1 is 0.638 bits per heavy atom. The van der Waals surface area contributed by atoms with Crippen LogP contribution in [0.4, 0.5) is 0 Å². The number of methoxy groups -OCH3 is 1. The molecular weight excluding hydrogens is 752 g/mol. The molecule has 0 aliphatic heterocycles. The van der Waals surface area contributed by atoms with Crippen molar-refractivity contribution in [3.05, 3.63) is 0 Å². The van der Waals surface area contributed by atoms with Crippen LogP contribution in [0.3, 0.4) is 0 Å². The molecule has 0 aromatic rings. The fraction of sp³-hybridized carbons (Fsp3) is 0.795. The maximum Gasteiger partial charge on any atom is 0.242 e. The van der Waals surface area contributed by atoms with E-state index in [-0.39, 0.29) is 73.5 Å². The van der Waals surface area contributed by atoms with E-state index in [0.29, 0.717) is 95.7 Å². The molecule has 0 aliphatic rings. The summed E-state index contributed by atoms with van der Waals surface area (Å²) in [4.78, 5) is 74.6. The summed E-state index contributed by atoms with van der Waals surface area (Å²) in [6.45, 7) is 14.7. The van der Waals surface area contributed by atoms with Crippen LogP contribution in [-0.4, -0.2) is 127 Å². The third kappa shape index (κ3) is 25.1.